The highest BCUT2D eigenvalue weighted by atomic mass is 32.2. The van der Waals surface area contributed by atoms with Crippen LogP contribution in [-0.2, 0) is 14.8 Å². The minimum atomic E-state index is -3.87. The van der Waals surface area contributed by atoms with Crippen molar-refractivity contribution < 1.29 is 22.7 Å². The third-order valence-electron chi connectivity index (χ3n) is 4.46. The van der Waals surface area contributed by atoms with Crippen molar-refractivity contribution in [3.05, 3.63) is 18.2 Å². The molecule has 1 saturated heterocycles. The molecule has 146 valence electrons. The second-order valence-electron chi connectivity index (χ2n) is 6.45. The molecule has 1 aromatic carbocycles. The molecule has 2 N–H and O–H groups in total. The lowest BCUT2D eigenvalue weighted by molar-refractivity contribution is -0.123. The molecule has 1 aromatic rings. The van der Waals surface area contributed by atoms with Crippen LogP contribution in [0.5, 0.6) is 11.5 Å². The smallest absolute Gasteiger partial charge is 0.241 e. The number of methoxy groups -OCH3 is 2. The van der Waals surface area contributed by atoms with Crippen LogP contribution in [0.15, 0.2) is 23.1 Å². The topological polar surface area (TPSA) is 97.0 Å². The molecule has 0 bridgehead atoms. The number of rotatable bonds is 7. The van der Waals surface area contributed by atoms with Crippen molar-refractivity contribution in [3.63, 3.8) is 0 Å². The van der Waals surface area contributed by atoms with Gasteiger partial charge in [0.2, 0.25) is 15.9 Å². The summed E-state index contributed by atoms with van der Waals surface area (Å²) in [5, 5.41) is 2.92. The number of sulfonamides is 1. The summed E-state index contributed by atoms with van der Waals surface area (Å²) in [6.07, 6.45) is 1.72. The van der Waals surface area contributed by atoms with E-state index in [2.05, 4.69) is 14.9 Å². The zero-order valence-corrected chi connectivity index (χ0v) is 16.4. The first-order chi connectivity index (χ1) is 12.3. The number of ether oxygens (including phenoxy) is 2. The molecule has 26 heavy (non-hydrogen) atoms. The Morgan fingerprint density at radius 2 is 1.81 bits per heavy atom. The Hall–Kier alpha value is -1.84. The normalized spacial score (nSPS) is 17.5. The van der Waals surface area contributed by atoms with E-state index in [1.54, 1.807) is 0 Å². The number of carbonyl (C=O) groups excluding carboxylic acids is 1. The number of hydrogen-bond donors (Lipinski definition) is 2. The summed E-state index contributed by atoms with van der Waals surface area (Å²) in [6.45, 7) is 3.36. The fourth-order valence-electron chi connectivity index (χ4n) is 2.82. The molecule has 1 unspecified atom stereocenters. The Morgan fingerprint density at radius 1 is 1.19 bits per heavy atom. The monoisotopic (exact) mass is 385 g/mol. The summed E-state index contributed by atoms with van der Waals surface area (Å²) in [4.78, 5) is 14.5. The molecule has 1 fully saturated rings. The predicted octanol–water partition coefficient (Wildman–Crippen LogP) is 0.581. The van der Waals surface area contributed by atoms with Crippen LogP contribution >= 0.6 is 0 Å². The summed E-state index contributed by atoms with van der Waals surface area (Å²) in [5.41, 5.74) is 0. The molecule has 2 rings (SSSR count). The van der Waals surface area contributed by atoms with E-state index in [1.807, 2.05) is 7.05 Å². The minimum Gasteiger partial charge on any atom is -0.493 e. The van der Waals surface area contributed by atoms with Gasteiger partial charge in [0.15, 0.2) is 11.5 Å². The highest BCUT2D eigenvalue weighted by Gasteiger charge is 2.26. The van der Waals surface area contributed by atoms with Gasteiger partial charge in [0.1, 0.15) is 0 Å². The van der Waals surface area contributed by atoms with E-state index in [-0.39, 0.29) is 16.8 Å². The maximum atomic E-state index is 12.6. The maximum absolute atomic E-state index is 12.6. The molecule has 0 aliphatic carbocycles. The maximum Gasteiger partial charge on any atom is 0.241 e. The molecule has 1 aliphatic heterocycles. The van der Waals surface area contributed by atoms with Gasteiger partial charge < -0.3 is 19.7 Å². The zero-order valence-electron chi connectivity index (χ0n) is 15.6. The van der Waals surface area contributed by atoms with Gasteiger partial charge in [-0.3, -0.25) is 4.79 Å². The molecule has 9 heteroatoms. The summed E-state index contributed by atoms with van der Waals surface area (Å²) in [7, 11) is 1.08. The molecule has 1 amide bonds. The van der Waals surface area contributed by atoms with Crippen LogP contribution < -0.4 is 19.5 Å². The van der Waals surface area contributed by atoms with Gasteiger partial charge in [-0.15, -0.1) is 0 Å². The number of likely N-dealkylation sites (tertiary alicyclic amines) is 1. The first kappa shape index (κ1) is 20.5. The van der Waals surface area contributed by atoms with Crippen LogP contribution in [0.3, 0.4) is 0 Å². The molecule has 8 nitrogen and oxygen atoms in total. The van der Waals surface area contributed by atoms with Gasteiger partial charge in [-0.2, -0.15) is 4.72 Å². The number of nitrogens with one attached hydrogen (secondary N) is 2. The average molecular weight is 385 g/mol. The van der Waals surface area contributed by atoms with E-state index in [0.717, 1.165) is 25.9 Å². The molecular formula is C17H27N3O5S. The van der Waals surface area contributed by atoms with E-state index in [0.29, 0.717) is 11.5 Å². The standard InChI is InChI=1S/C17H27N3O5S/c1-12(17(21)18-13-7-9-20(2)10-8-13)19-26(22,23)14-5-6-15(24-3)16(11-14)25-4/h5-6,11-13,19H,7-10H2,1-4H3,(H,18,21). The van der Waals surface area contributed by atoms with Gasteiger partial charge in [-0.25, -0.2) is 8.42 Å². The molecule has 0 spiro atoms. The third kappa shape index (κ3) is 5.09. The Morgan fingerprint density at radius 3 is 2.38 bits per heavy atom. The highest BCUT2D eigenvalue weighted by Crippen LogP contribution is 2.29. The van der Waals surface area contributed by atoms with Crippen molar-refractivity contribution in [2.45, 2.75) is 36.7 Å². The van der Waals surface area contributed by atoms with Gasteiger partial charge in [0.05, 0.1) is 25.2 Å². The van der Waals surface area contributed by atoms with Gasteiger partial charge in [-0.05, 0) is 52.0 Å². The number of piperidine rings is 1. The number of benzene rings is 1. The lowest BCUT2D eigenvalue weighted by Crippen LogP contribution is -2.50. The van der Waals surface area contributed by atoms with E-state index < -0.39 is 16.1 Å². The van der Waals surface area contributed by atoms with Crippen molar-refractivity contribution in [2.75, 3.05) is 34.4 Å². The van der Waals surface area contributed by atoms with Gasteiger partial charge in [-0.1, -0.05) is 0 Å². The fraction of sp³-hybridized carbons (Fsp3) is 0.588. The third-order valence-corrected chi connectivity index (χ3v) is 5.99. The predicted molar refractivity (Wildman–Crippen MR) is 98.0 cm³/mol. The number of amides is 1. The quantitative estimate of drug-likeness (QED) is 0.713. The van der Waals surface area contributed by atoms with Gasteiger partial charge >= 0.3 is 0 Å². The van der Waals surface area contributed by atoms with E-state index in [9.17, 15) is 13.2 Å². The highest BCUT2D eigenvalue weighted by molar-refractivity contribution is 7.89. The SMILES string of the molecule is COc1ccc(S(=O)(=O)NC(C)C(=O)NC2CCN(C)CC2)cc1OC. The molecule has 1 atom stereocenters. The van der Waals surface area contributed by atoms with Crippen LogP contribution in [0, 0.1) is 0 Å². The van der Waals surface area contributed by atoms with E-state index in [1.165, 1.54) is 39.3 Å². The van der Waals surface area contributed by atoms with Crippen molar-refractivity contribution >= 4 is 15.9 Å². The van der Waals surface area contributed by atoms with Crippen molar-refractivity contribution in [2.24, 2.45) is 0 Å². The Bertz CT molecular complexity index is 730. The lowest BCUT2D eigenvalue weighted by atomic mass is 10.1. The first-order valence-corrected chi connectivity index (χ1v) is 9.98. The Kier molecular flexibility index (Phi) is 6.85. The summed E-state index contributed by atoms with van der Waals surface area (Å²) in [6, 6.07) is 3.48. The van der Waals surface area contributed by atoms with Crippen LogP contribution in [0.2, 0.25) is 0 Å². The van der Waals surface area contributed by atoms with Crippen LogP contribution in [0.4, 0.5) is 0 Å². The summed E-state index contributed by atoms with van der Waals surface area (Å²) in [5.74, 6) is 0.405. The average Bonchev–Trinajstić information content (AvgIpc) is 2.62. The molecule has 1 aliphatic rings. The largest absolute Gasteiger partial charge is 0.493 e. The van der Waals surface area contributed by atoms with Crippen LogP contribution in [0.25, 0.3) is 0 Å². The molecule has 0 saturated carbocycles. The molecule has 1 heterocycles. The number of hydrogen-bond acceptors (Lipinski definition) is 6. The van der Waals surface area contributed by atoms with Crippen molar-refractivity contribution in [1.82, 2.24) is 14.9 Å². The Labute approximate surface area is 154 Å². The second kappa shape index (κ2) is 8.70. The van der Waals surface area contributed by atoms with Crippen molar-refractivity contribution in [3.8, 4) is 11.5 Å². The number of carbonyl (C=O) groups is 1. The molecular weight excluding hydrogens is 358 g/mol. The Balaban J connectivity index is 2.02. The van der Waals surface area contributed by atoms with Crippen molar-refractivity contribution in [1.29, 1.82) is 0 Å². The van der Waals surface area contributed by atoms with Gasteiger partial charge in [0, 0.05) is 12.1 Å². The van der Waals surface area contributed by atoms with E-state index >= 15 is 0 Å². The van der Waals surface area contributed by atoms with Gasteiger partial charge in [0.25, 0.3) is 0 Å². The summed E-state index contributed by atoms with van der Waals surface area (Å²) >= 11 is 0. The molecule has 0 radical (unpaired) electrons. The minimum absolute atomic E-state index is 0.00842. The van der Waals surface area contributed by atoms with E-state index in [4.69, 9.17) is 9.47 Å². The lowest BCUT2D eigenvalue weighted by Gasteiger charge is -2.30. The first-order valence-electron chi connectivity index (χ1n) is 8.50. The van der Waals surface area contributed by atoms with Crippen LogP contribution in [-0.4, -0.2) is 65.7 Å². The second-order valence-corrected chi connectivity index (χ2v) is 8.16. The molecule has 0 aromatic heterocycles. The van der Waals surface area contributed by atoms with Crippen LogP contribution in [0.1, 0.15) is 19.8 Å². The fourth-order valence-corrected chi connectivity index (χ4v) is 4.04. The number of nitrogens with zero attached hydrogens (tertiary/aromatic N) is 1. The summed E-state index contributed by atoms with van der Waals surface area (Å²) < 4.78 is 37.8. The zero-order chi connectivity index (χ0) is 19.3.